The molecule has 0 aromatic heterocycles. The highest BCUT2D eigenvalue weighted by molar-refractivity contribution is 5.24. The average Bonchev–Trinajstić information content (AvgIpc) is 2.28. The van der Waals surface area contributed by atoms with Crippen LogP contribution in [-0.2, 0) is 0 Å². The van der Waals surface area contributed by atoms with Gasteiger partial charge < -0.3 is 5.32 Å². The van der Waals surface area contributed by atoms with E-state index < -0.39 is 0 Å². The van der Waals surface area contributed by atoms with E-state index in [4.69, 9.17) is 0 Å². The molecule has 15 heavy (non-hydrogen) atoms. The lowest BCUT2D eigenvalue weighted by atomic mass is 10.2. The van der Waals surface area contributed by atoms with Gasteiger partial charge in [-0.05, 0) is 25.0 Å². The van der Waals surface area contributed by atoms with Crippen molar-refractivity contribution in [3.8, 4) is 0 Å². The van der Waals surface area contributed by atoms with Crippen molar-refractivity contribution in [1.29, 1.82) is 0 Å². The minimum absolute atomic E-state index is 0.832. The Labute approximate surface area is 93.6 Å². The second-order valence-corrected chi connectivity index (χ2v) is 3.14. The molecule has 0 fully saturated rings. The molecule has 0 aliphatic rings. The summed E-state index contributed by atoms with van der Waals surface area (Å²) in [6.45, 7) is 13.2. The predicted octanol–water partition coefficient (Wildman–Crippen LogP) is 3.40. The summed E-state index contributed by atoms with van der Waals surface area (Å²) in [5.41, 5.74) is 2.40. The molecule has 0 spiro atoms. The first-order valence-electron chi connectivity index (χ1n) is 5.21. The second-order valence-electron chi connectivity index (χ2n) is 3.14. The highest BCUT2D eigenvalue weighted by Gasteiger charge is 1.92. The molecule has 0 bridgehead atoms. The molecule has 0 saturated heterocycles. The van der Waals surface area contributed by atoms with E-state index in [0.717, 1.165) is 13.1 Å². The van der Waals surface area contributed by atoms with Crippen molar-refractivity contribution in [2.75, 3.05) is 13.1 Å². The van der Waals surface area contributed by atoms with Crippen molar-refractivity contribution < 1.29 is 0 Å². The standard InChI is InChI=1S/C14H21N/c1-5-9-10-14(8-4)12-15-11-13(6-2)7-3/h5-10,15H,2,4,11-12H2,1,3H3/b9-5-,13-7+,14-10+. The highest BCUT2D eigenvalue weighted by Crippen LogP contribution is 1.96. The van der Waals surface area contributed by atoms with E-state index in [-0.39, 0.29) is 0 Å². The molecule has 0 rings (SSSR count). The molecule has 1 heteroatoms. The Kier molecular flexibility index (Phi) is 8.40. The summed E-state index contributed by atoms with van der Waals surface area (Å²) >= 11 is 0. The zero-order valence-corrected chi connectivity index (χ0v) is 9.79. The Morgan fingerprint density at radius 2 is 1.67 bits per heavy atom. The van der Waals surface area contributed by atoms with Gasteiger partial charge in [-0.1, -0.05) is 49.6 Å². The van der Waals surface area contributed by atoms with Crippen molar-refractivity contribution in [3.63, 3.8) is 0 Å². The van der Waals surface area contributed by atoms with Gasteiger partial charge in [0.1, 0.15) is 0 Å². The van der Waals surface area contributed by atoms with Crippen LogP contribution in [-0.4, -0.2) is 13.1 Å². The molecule has 0 aromatic carbocycles. The van der Waals surface area contributed by atoms with E-state index in [1.54, 1.807) is 0 Å². The smallest absolute Gasteiger partial charge is 0.0208 e. The van der Waals surface area contributed by atoms with Gasteiger partial charge in [-0.3, -0.25) is 0 Å². The van der Waals surface area contributed by atoms with Crippen LogP contribution >= 0.6 is 0 Å². The van der Waals surface area contributed by atoms with Gasteiger partial charge in [0.25, 0.3) is 0 Å². The third-order valence-corrected chi connectivity index (χ3v) is 2.06. The summed E-state index contributed by atoms with van der Waals surface area (Å²) in [7, 11) is 0. The number of hydrogen-bond acceptors (Lipinski definition) is 1. The predicted molar refractivity (Wildman–Crippen MR) is 69.9 cm³/mol. The third kappa shape index (κ3) is 6.69. The van der Waals surface area contributed by atoms with Gasteiger partial charge in [0.05, 0.1) is 0 Å². The Morgan fingerprint density at radius 3 is 2.13 bits per heavy atom. The topological polar surface area (TPSA) is 12.0 Å². The fourth-order valence-corrected chi connectivity index (χ4v) is 1.06. The molecule has 0 atom stereocenters. The number of allylic oxidation sites excluding steroid dienone is 4. The van der Waals surface area contributed by atoms with Crippen molar-refractivity contribution in [2.24, 2.45) is 0 Å². The van der Waals surface area contributed by atoms with Crippen molar-refractivity contribution in [3.05, 3.63) is 60.8 Å². The Bertz CT molecular complexity index is 280. The summed E-state index contributed by atoms with van der Waals surface area (Å²) in [5, 5.41) is 3.33. The van der Waals surface area contributed by atoms with Gasteiger partial charge in [0.2, 0.25) is 0 Å². The second kappa shape index (κ2) is 9.22. The van der Waals surface area contributed by atoms with Crippen LogP contribution in [0.2, 0.25) is 0 Å². The largest absolute Gasteiger partial charge is 0.309 e. The van der Waals surface area contributed by atoms with Gasteiger partial charge in [-0.2, -0.15) is 0 Å². The summed E-state index contributed by atoms with van der Waals surface area (Å²) in [4.78, 5) is 0. The monoisotopic (exact) mass is 203 g/mol. The maximum absolute atomic E-state index is 3.78. The summed E-state index contributed by atoms with van der Waals surface area (Å²) in [5.74, 6) is 0. The lowest BCUT2D eigenvalue weighted by molar-refractivity contribution is 0.809. The van der Waals surface area contributed by atoms with Crippen LogP contribution in [0, 0.1) is 0 Å². The maximum Gasteiger partial charge on any atom is 0.0208 e. The minimum atomic E-state index is 0.832. The zero-order valence-electron chi connectivity index (χ0n) is 9.79. The summed E-state index contributed by atoms with van der Waals surface area (Å²) in [6, 6.07) is 0. The van der Waals surface area contributed by atoms with Crippen molar-refractivity contribution >= 4 is 0 Å². The van der Waals surface area contributed by atoms with Crippen molar-refractivity contribution in [1.82, 2.24) is 5.32 Å². The molecule has 0 radical (unpaired) electrons. The average molecular weight is 203 g/mol. The molecular formula is C14H21N. The van der Waals surface area contributed by atoms with Crippen LogP contribution in [0.15, 0.2) is 60.8 Å². The van der Waals surface area contributed by atoms with E-state index in [9.17, 15) is 0 Å². The van der Waals surface area contributed by atoms with Gasteiger partial charge in [-0.15, -0.1) is 0 Å². The molecule has 0 saturated carbocycles. The molecule has 0 aliphatic carbocycles. The Hall–Kier alpha value is -1.34. The van der Waals surface area contributed by atoms with E-state index in [1.807, 2.05) is 38.2 Å². The zero-order chi connectivity index (χ0) is 11.5. The van der Waals surface area contributed by atoms with Crippen LogP contribution in [0.25, 0.3) is 0 Å². The molecular weight excluding hydrogens is 182 g/mol. The molecule has 0 heterocycles. The van der Waals surface area contributed by atoms with Crippen LogP contribution in [0.1, 0.15) is 13.8 Å². The lowest BCUT2D eigenvalue weighted by Gasteiger charge is -2.05. The van der Waals surface area contributed by atoms with Gasteiger partial charge in [0.15, 0.2) is 0 Å². The molecule has 0 unspecified atom stereocenters. The molecule has 0 aromatic rings. The number of rotatable bonds is 7. The summed E-state index contributed by atoms with van der Waals surface area (Å²) in [6.07, 6.45) is 11.9. The fraction of sp³-hybridized carbons (Fsp3) is 0.286. The Balaban J connectivity index is 4.02. The van der Waals surface area contributed by atoms with E-state index in [0.29, 0.717) is 0 Å². The number of hydrogen-bond donors (Lipinski definition) is 1. The number of nitrogens with one attached hydrogen (secondary N) is 1. The van der Waals surface area contributed by atoms with Crippen LogP contribution in [0.4, 0.5) is 0 Å². The van der Waals surface area contributed by atoms with Gasteiger partial charge in [0, 0.05) is 13.1 Å². The fourth-order valence-electron chi connectivity index (χ4n) is 1.06. The van der Waals surface area contributed by atoms with Crippen molar-refractivity contribution in [2.45, 2.75) is 13.8 Å². The van der Waals surface area contributed by atoms with E-state index in [2.05, 4.69) is 30.6 Å². The first kappa shape index (κ1) is 13.7. The first-order valence-corrected chi connectivity index (χ1v) is 5.21. The van der Waals surface area contributed by atoms with Crippen LogP contribution < -0.4 is 5.32 Å². The normalized spacial score (nSPS) is 13.2. The highest BCUT2D eigenvalue weighted by atomic mass is 14.8. The van der Waals surface area contributed by atoms with E-state index >= 15 is 0 Å². The van der Waals surface area contributed by atoms with Crippen LogP contribution in [0.5, 0.6) is 0 Å². The molecule has 0 aliphatic heterocycles. The first-order chi connectivity index (χ1) is 7.28. The molecule has 1 N–H and O–H groups in total. The Morgan fingerprint density at radius 1 is 1.07 bits per heavy atom. The summed E-state index contributed by atoms with van der Waals surface area (Å²) < 4.78 is 0. The molecule has 1 nitrogen and oxygen atoms in total. The quantitative estimate of drug-likeness (QED) is 0.625. The van der Waals surface area contributed by atoms with E-state index in [1.165, 1.54) is 11.1 Å². The lowest BCUT2D eigenvalue weighted by Crippen LogP contribution is -2.18. The van der Waals surface area contributed by atoms with Gasteiger partial charge in [-0.25, -0.2) is 0 Å². The van der Waals surface area contributed by atoms with Crippen LogP contribution in [0.3, 0.4) is 0 Å². The third-order valence-electron chi connectivity index (χ3n) is 2.06. The molecule has 0 amide bonds. The minimum Gasteiger partial charge on any atom is -0.309 e. The van der Waals surface area contributed by atoms with Gasteiger partial charge >= 0.3 is 0 Å². The molecule has 82 valence electrons. The SMILES string of the molecule is C=C/C(=C\C)CNC/C(C=C)=C/C=C\C. The maximum atomic E-state index is 3.78.